The zero-order valence-electron chi connectivity index (χ0n) is 11.5. The minimum atomic E-state index is -0.792. The number of amides is 2. The van der Waals surface area contributed by atoms with Crippen LogP contribution in [0.4, 0.5) is 10.1 Å². The molecule has 2 aromatic carbocycles. The largest absolute Gasteiger partial charge is 0.282 e. The number of imide groups is 1. The Morgan fingerprint density at radius 2 is 1.91 bits per heavy atom. The van der Waals surface area contributed by atoms with Crippen LogP contribution in [0.5, 0.6) is 0 Å². The lowest BCUT2D eigenvalue weighted by Crippen LogP contribution is -2.29. The van der Waals surface area contributed by atoms with Gasteiger partial charge in [0.05, 0.1) is 17.0 Å². The van der Waals surface area contributed by atoms with Crippen molar-refractivity contribution in [2.75, 3.05) is 0 Å². The van der Waals surface area contributed by atoms with Crippen molar-refractivity contribution in [2.45, 2.75) is 6.54 Å². The predicted molar refractivity (Wildman–Crippen MR) is 81.4 cm³/mol. The Bertz CT molecular complexity index is 869. The highest BCUT2D eigenvalue weighted by Crippen LogP contribution is 2.32. The second kappa shape index (κ2) is 5.54. The summed E-state index contributed by atoms with van der Waals surface area (Å²) in [5, 5.41) is 11.0. The van der Waals surface area contributed by atoms with E-state index in [0.717, 1.165) is 11.0 Å². The van der Waals surface area contributed by atoms with Crippen LogP contribution in [0.3, 0.4) is 0 Å². The van der Waals surface area contributed by atoms with E-state index < -0.39 is 28.2 Å². The SMILES string of the molecule is O=C1c2cccc([N+](=O)[O-])c2C(=O)N1Cc1ccc(Br)cc1F. The van der Waals surface area contributed by atoms with Crippen LogP contribution in [0.2, 0.25) is 0 Å². The van der Waals surface area contributed by atoms with Crippen LogP contribution in [0, 0.1) is 15.9 Å². The van der Waals surface area contributed by atoms with Gasteiger partial charge < -0.3 is 0 Å². The Kier molecular flexibility index (Phi) is 3.69. The third-order valence-electron chi connectivity index (χ3n) is 3.52. The number of hydrogen-bond donors (Lipinski definition) is 0. The first-order chi connectivity index (χ1) is 10.9. The van der Waals surface area contributed by atoms with Gasteiger partial charge in [0.1, 0.15) is 11.4 Å². The van der Waals surface area contributed by atoms with E-state index >= 15 is 0 Å². The maximum absolute atomic E-state index is 13.9. The fourth-order valence-electron chi connectivity index (χ4n) is 2.43. The molecule has 6 nitrogen and oxygen atoms in total. The molecule has 0 saturated carbocycles. The number of rotatable bonds is 3. The molecule has 0 aliphatic carbocycles. The van der Waals surface area contributed by atoms with Crippen molar-refractivity contribution in [3.63, 3.8) is 0 Å². The molecule has 23 heavy (non-hydrogen) atoms. The molecule has 0 bridgehead atoms. The molecule has 0 unspecified atom stereocenters. The normalized spacial score (nSPS) is 13.4. The Morgan fingerprint density at radius 3 is 2.57 bits per heavy atom. The first-order valence-corrected chi connectivity index (χ1v) is 7.27. The van der Waals surface area contributed by atoms with Crippen molar-refractivity contribution >= 4 is 33.4 Å². The molecule has 0 aromatic heterocycles. The van der Waals surface area contributed by atoms with Crippen molar-refractivity contribution < 1.29 is 18.9 Å². The summed E-state index contributed by atoms with van der Waals surface area (Å²) in [6, 6.07) is 8.09. The molecule has 116 valence electrons. The topological polar surface area (TPSA) is 80.5 Å². The summed E-state index contributed by atoms with van der Waals surface area (Å²) in [6.07, 6.45) is 0. The third kappa shape index (κ3) is 2.50. The molecule has 0 atom stereocenters. The van der Waals surface area contributed by atoms with Crippen LogP contribution in [0.15, 0.2) is 40.9 Å². The van der Waals surface area contributed by atoms with Crippen LogP contribution in [-0.4, -0.2) is 21.6 Å². The van der Waals surface area contributed by atoms with E-state index in [9.17, 15) is 24.1 Å². The fraction of sp³-hybridized carbons (Fsp3) is 0.0667. The summed E-state index contributed by atoms with van der Waals surface area (Å²) >= 11 is 3.12. The summed E-state index contributed by atoms with van der Waals surface area (Å²) in [5.74, 6) is -2.04. The second-order valence-electron chi connectivity index (χ2n) is 4.89. The molecule has 0 N–H and O–H groups in total. The smallest absolute Gasteiger partial charge is 0.270 e. The lowest BCUT2D eigenvalue weighted by molar-refractivity contribution is -0.385. The van der Waals surface area contributed by atoms with Gasteiger partial charge in [-0.1, -0.05) is 28.1 Å². The number of nitro groups is 1. The van der Waals surface area contributed by atoms with Crippen molar-refractivity contribution in [3.05, 3.63) is 73.5 Å². The van der Waals surface area contributed by atoms with Gasteiger partial charge in [-0.3, -0.25) is 24.6 Å². The van der Waals surface area contributed by atoms with E-state index in [4.69, 9.17) is 0 Å². The Balaban J connectivity index is 2.01. The summed E-state index contributed by atoms with van der Waals surface area (Å²) < 4.78 is 14.4. The van der Waals surface area contributed by atoms with Crippen LogP contribution in [-0.2, 0) is 6.54 Å². The highest BCUT2D eigenvalue weighted by Gasteiger charge is 2.41. The van der Waals surface area contributed by atoms with Gasteiger partial charge in [-0.2, -0.15) is 0 Å². The maximum Gasteiger partial charge on any atom is 0.282 e. The molecule has 2 amide bonds. The van der Waals surface area contributed by atoms with Gasteiger partial charge in [-0.15, -0.1) is 0 Å². The first-order valence-electron chi connectivity index (χ1n) is 6.47. The van der Waals surface area contributed by atoms with Crippen molar-refractivity contribution in [3.8, 4) is 0 Å². The van der Waals surface area contributed by atoms with E-state index in [1.807, 2.05) is 0 Å². The average molecular weight is 379 g/mol. The predicted octanol–water partition coefficient (Wildman–Crippen LogP) is 3.29. The van der Waals surface area contributed by atoms with Gasteiger partial charge in [-0.25, -0.2) is 4.39 Å². The van der Waals surface area contributed by atoms with E-state index in [2.05, 4.69) is 15.9 Å². The van der Waals surface area contributed by atoms with Gasteiger partial charge in [0.15, 0.2) is 0 Å². The quantitative estimate of drug-likeness (QED) is 0.466. The number of nitro benzene ring substituents is 1. The lowest BCUT2D eigenvalue weighted by atomic mass is 10.1. The number of nitrogens with zero attached hydrogens (tertiary/aromatic N) is 2. The molecule has 0 spiro atoms. The average Bonchev–Trinajstić information content (AvgIpc) is 2.74. The van der Waals surface area contributed by atoms with Crippen LogP contribution in [0.25, 0.3) is 0 Å². The van der Waals surface area contributed by atoms with E-state index in [1.165, 1.54) is 24.3 Å². The Labute approximate surface area is 137 Å². The standard InChI is InChI=1S/C15H8BrFN2O4/c16-9-5-4-8(11(17)6-9)7-18-14(20)10-2-1-3-12(19(22)23)13(10)15(18)21/h1-6H,7H2. The molecule has 8 heteroatoms. The summed E-state index contributed by atoms with van der Waals surface area (Å²) in [5.41, 5.74) is -0.577. The number of benzene rings is 2. The summed E-state index contributed by atoms with van der Waals surface area (Å²) in [6.45, 7) is -0.289. The monoisotopic (exact) mass is 378 g/mol. The Morgan fingerprint density at radius 1 is 1.17 bits per heavy atom. The molecule has 1 aliphatic rings. The summed E-state index contributed by atoms with van der Waals surface area (Å²) in [4.78, 5) is 35.8. The third-order valence-corrected chi connectivity index (χ3v) is 4.01. The van der Waals surface area contributed by atoms with Gasteiger partial charge >= 0.3 is 0 Å². The summed E-state index contributed by atoms with van der Waals surface area (Å²) in [7, 11) is 0. The number of hydrogen-bond acceptors (Lipinski definition) is 4. The molecular formula is C15H8BrFN2O4. The molecule has 3 rings (SSSR count). The molecule has 0 radical (unpaired) electrons. The number of carbonyl (C=O) groups is 2. The van der Waals surface area contributed by atoms with E-state index in [1.54, 1.807) is 6.07 Å². The molecule has 2 aromatic rings. The van der Waals surface area contributed by atoms with Crippen LogP contribution >= 0.6 is 15.9 Å². The molecule has 0 fully saturated rings. The number of carbonyl (C=O) groups excluding carboxylic acids is 2. The molecule has 1 heterocycles. The van der Waals surface area contributed by atoms with Crippen molar-refractivity contribution in [1.29, 1.82) is 0 Å². The minimum absolute atomic E-state index is 0.0401. The Hall–Kier alpha value is -2.61. The van der Waals surface area contributed by atoms with E-state index in [-0.39, 0.29) is 23.2 Å². The lowest BCUT2D eigenvalue weighted by Gasteiger charge is -2.14. The minimum Gasteiger partial charge on any atom is -0.270 e. The zero-order valence-corrected chi connectivity index (χ0v) is 13.0. The van der Waals surface area contributed by atoms with Crippen LogP contribution in [0.1, 0.15) is 26.3 Å². The van der Waals surface area contributed by atoms with Gasteiger partial charge in [0.2, 0.25) is 0 Å². The molecular weight excluding hydrogens is 371 g/mol. The van der Waals surface area contributed by atoms with Crippen LogP contribution < -0.4 is 0 Å². The molecule has 0 saturated heterocycles. The first kappa shape index (κ1) is 15.3. The van der Waals surface area contributed by atoms with Crippen molar-refractivity contribution in [2.24, 2.45) is 0 Å². The van der Waals surface area contributed by atoms with E-state index in [0.29, 0.717) is 4.47 Å². The van der Waals surface area contributed by atoms with Gasteiger partial charge in [0, 0.05) is 16.1 Å². The highest BCUT2D eigenvalue weighted by atomic mass is 79.9. The highest BCUT2D eigenvalue weighted by molar-refractivity contribution is 9.10. The number of halogens is 2. The van der Waals surface area contributed by atoms with Crippen molar-refractivity contribution in [1.82, 2.24) is 4.90 Å². The molecule has 1 aliphatic heterocycles. The second-order valence-corrected chi connectivity index (χ2v) is 5.80. The zero-order chi connectivity index (χ0) is 16.7. The maximum atomic E-state index is 13.9. The number of fused-ring (bicyclic) bond motifs is 1. The fourth-order valence-corrected chi connectivity index (χ4v) is 2.76. The van der Waals surface area contributed by atoms with Gasteiger partial charge in [-0.05, 0) is 18.2 Å². The van der Waals surface area contributed by atoms with Gasteiger partial charge in [0.25, 0.3) is 17.5 Å².